The maximum absolute atomic E-state index is 13.6. The lowest BCUT2D eigenvalue weighted by molar-refractivity contribution is -0.141. The number of halogens is 3. The maximum Gasteiger partial charge on any atom is 0.433 e. The van der Waals surface area contributed by atoms with E-state index in [1.54, 1.807) is 12.1 Å². The largest absolute Gasteiger partial charge is 0.433 e. The Labute approximate surface area is 169 Å². The summed E-state index contributed by atoms with van der Waals surface area (Å²) in [6, 6.07) is 7.13. The van der Waals surface area contributed by atoms with Crippen molar-refractivity contribution >= 4 is 27.8 Å². The van der Waals surface area contributed by atoms with Gasteiger partial charge in [-0.1, -0.05) is 55.6 Å². The van der Waals surface area contributed by atoms with Crippen LogP contribution in [0.1, 0.15) is 56.2 Å². The minimum atomic E-state index is -4.69. The predicted octanol–water partition coefficient (Wildman–Crippen LogP) is 5.33. The van der Waals surface area contributed by atoms with Crippen molar-refractivity contribution in [1.29, 1.82) is 0 Å². The summed E-state index contributed by atoms with van der Waals surface area (Å²) in [5, 5.41) is 2.39. The molecule has 2 aromatic heterocycles. The van der Waals surface area contributed by atoms with Gasteiger partial charge in [0.05, 0.1) is 15.8 Å². The molecular formula is C20H21F3N4OS. The van der Waals surface area contributed by atoms with E-state index in [2.05, 4.69) is 15.1 Å². The number of aliphatic imine (C=N–C) groups is 1. The Balaban J connectivity index is 1.72. The van der Waals surface area contributed by atoms with E-state index in [-0.39, 0.29) is 11.2 Å². The molecule has 2 heterocycles. The standard InChI is InChI=1S/C20H21F3N4OS/c21-20(22,23)17-14(12-24-13-8-4-2-1-3-5-9-13)18(28)27(26-17)19-25-15-10-6-7-11-16(15)29-19/h6-7,10-13,26H,1-5,8-9H2. The van der Waals surface area contributed by atoms with Crippen LogP contribution in [0.2, 0.25) is 0 Å². The molecule has 1 saturated carbocycles. The second kappa shape index (κ2) is 8.14. The van der Waals surface area contributed by atoms with Gasteiger partial charge in [0.2, 0.25) is 5.13 Å². The highest BCUT2D eigenvalue weighted by Crippen LogP contribution is 2.30. The zero-order chi connectivity index (χ0) is 20.4. The number of hydrogen-bond acceptors (Lipinski definition) is 4. The molecule has 0 bridgehead atoms. The van der Waals surface area contributed by atoms with E-state index in [0.717, 1.165) is 65.5 Å². The van der Waals surface area contributed by atoms with Crippen LogP contribution in [0.15, 0.2) is 34.1 Å². The summed E-state index contributed by atoms with van der Waals surface area (Å²) in [4.78, 5) is 21.5. The highest BCUT2D eigenvalue weighted by atomic mass is 32.1. The van der Waals surface area contributed by atoms with Crippen molar-refractivity contribution in [2.75, 3.05) is 0 Å². The van der Waals surface area contributed by atoms with Gasteiger partial charge in [0, 0.05) is 12.3 Å². The van der Waals surface area contributed by atoms with Crippen LogP contribution >= 0.6 is 11.3 Å². The number of rotatable bonds is 3. The molecule has 0 unspecified atom stereocenters. The maximum atomic E-state index is 13.6. The molecule has 4 rings (SSSR count). The lowest BCUT2D eigenvalue weighted by Gasteiger charge is -2.15. The van der Waals surface area contributed by atoms with E-state index in [0.29, 0.717) is 5.52 Å². The van der Waals surface area contributed by atoms with Crippen LogP contribution in [-0.2, 0) is 6.18 Å². The second-order valence-corrected chi connectivity index (χ2v) is 8.29. The number of hydrogen-bond donors (Lipinski definition) is 1. The van der Waals surface area contributed by atoms with E-state index in [9.17, 15) is 18.0 Å². The Morgan fingerprint density at radius 2 is 1.83 bits per heavy atom. The summed E-state index contributed by atoms with van der Waals surface area (Å²) in [5.74, 6) is 0. The Morgan fingerprint density at radius 1 is 1.14 bits per heavy atom. The van der Waals surface area contributed by atoms with Gasteiger partial charge in [0.1, 0.15) is 0 Å². The van der Waals surface area contributed by atoms with Crippen LogP contribution in [0.5, 0.6) is 0 Å². The third-order valence-electron chi connectivity index (χ3n) is 5.17. The zero-order valence-electron chi connectivity index (χ0n) is 15.7. The van der Waals surface area contributed by atoms with Crippen molar-refractivity contribution in [3.63, 3.8) is 0 Å². The van der Waals surface area contributed by atoms with Crippen LogP contribution < -0.4 is 5.56 Å². The Hall–Kier alpha value is -2.42. The number of alkyl halides is 3. The third kappa shape index (κ3) is 4.29. The number of para-hydroxylation sites is 1. The lowest BCUT2D eigenvalue weighted by atomic mass is 9.97. The molecule has 0 amide bonds. The molecule has 9 heteroatoms. The van der Waals surface area contributed by atoms with Gasteiger partial charge in [-0.15, -0.1) is 0 Å². The van der Waals surface area contributed by atoms with Gasteiger partial charge in [-0.05, 0) is 25.0 Å². The van der Waals surface area contributed by atoms with Gasteiger partial charge in [0.15, 0.2) is 5.69 Å². The molecule has 1 N–H and O–H groups in total. The summed E-state index contributed by atoms with van der Waals surface area (Å²) < 4.78 is 42.4. The van der Waals surface area contributed by atoms with Crippen molar-refractivity contribution in [3.05, 3.63) is 45.9 Å². The number of nitrogens with one attached hydrogen (secondary N) is 1. The first-order chi connectivity index (χ1) is 13.9. The molecule has 1 aliphatic rings. The lowest BCUT2D eigenvalue weighted by Crippen LogP contribution is -2.18. The Morgan fingerprint density at radius 3 is 2.52 bits per heavy atom. The van der Waals surface area contributed by atoms with Gasteiger partial charge < -0.3 is 0 Å². The highest BCUT2D eigenvalue weighted by Gasteiger charge is 2.38. The van der Waals surface area contributed by atoms with Crippen LogP contribution in [0.3, 0.4) is 0 Å². The van der Waals surface area contributed by atoms with Crippen molar-refractivity contribution in [2.24, 2.45) is 4.99 Å². The van der Waals surface area contributed by atoms with E-state index in [1.165, 1.54) is 6.42 Å². The minimum absolute atomic E-state index is 0.0402. The summed E-state index contributed by atoms with van der Waals surface area (Å²) in [5.41, 5.74) is -1.70. The molecular weight excluding hydrogens is 401 g/mol. The van der Waals surface area contributed by atoms with Crippen molar-refractivity contribution < 1.29 is 13.2 Å². The Kier molecular flexibility index (Phi) is 5.58. The molecule has 0 radical (unpaired) electrons. The van der Waals surface area contributed by atoms with Gasteiger partial charge in [-0.2, -0.15) is 17.9 Å². The van der Waals surface area contributed by atoms with Crippen molar-refractivity contribution in [3.8, 4) is 5.13 Å². The normalized spacial score (nSPS) is 17.1. The molecule has 0 spiro atoms. The fourth-order valence-electron chi connectivity index (χ4n) is 3.64. The summed E-state index contributed by atoms with van der Waals surface area (Å²) in [6.07, 6.45) is 3.56. The highest BCUT2D eigenvalue weighted by molar-refractivity contribution is 7.20. The molecule has 0 aliphatic heterocycles. The molecule has 1 aliphatic carbocycles. The molecule has 1 aromatic carbocycles. The van der Waals surface area contributed by atoms with E-state index in [4.69, 9.17) is 0 Å². The zero-order valence-corrected chi connectivity index (χ0v) is 16.5. The van der Waals surface area contributed by atoms with Crippen molar-refractivity contribution in [1.82, 2.24) is 14.8 Å². The first-order valence-corrected chi connectivity index (χ1v) is 10.6. The van der Waals surface area contributed by atoms with Gasteiger partial charge in [0.25, 0.3) is 5.56 Å². The number of aromatic amines is 1. The van der Waals surface area contributed by atoms with E-state index < -0.39 is 23.0 Å². The number of thiazole rings is 1. The predicted molar refractivity (Wildman–Crippen MR) is 108 cm³/mol. The molecule has 1 fully saturated rings. The van der Waals surface area contributed by atoms with Gasteiger partial charge in [-0.25, -0.2) is 4.98 Å². The van der Waals surface area contributed by atoms with Crippen LogP contribution in [0.25, 0.3) is 15.3 Å². The minimum Gasteiger partial charge on any atom is -0.289 e. The monoisotopic (exact) mass is 422 g/mol. The third-order valence-corrected chi connectivity index (χ3v) is 6.19. The quantitative estimate of drug-likeness (QED) is 0.580. The summed E-state index contributed by atoms with van der Waals surface area (Å²) in [7, 11) is 0. The van der Waals surface area contributed by atoms with E-state index >= 15 is 0 Å². The van der Waals surface area contributed by atoms with Crippen LogP contribution in [0, 0.1) is 0 Å². The number of nitrogens with zero attached hydrogens (tertiary/aromatic N) is 3. The number of fused-ring (bicyclic) bond motifs is 1. The van der Waals surface area contributed by atoms with Crippen molar-refractivity contribution in [2.45, 2.75) is 57.2 Å². The van der Waals surface area contributed by atoms with Gasteiger partial charge in [-0.3, -0.25) is 14.9 Å². The fourth-order valence-corrected chi connectivity index (χ4v) is 4.57. The number of aromatic nitrogens is 3. The topological polar surface area (TPSA) is 63.0 Å². The molecule has 29 heavy (non-hydrogen) atoms. The SMILES string of the molecule is O=c1c(C=NC2CCCCCCC2)c(C(F)(F)F)[nH]n1-c1nc2ccccc2s1. The second-order valence-electron chi connectivity index (χ2n) is 7.28. The average Bonchev–Trinajstić information content (AvgIpc) is 3.21. The number of H-pyrrole nitrogens is 1. The summed E-state index contributed by atoms with van der Waals surface area (Å²) in [6.45, 7) is 0. The number of benzene rings is 1. The fraction of sp³-hybridized carbons (Fsp3) is 0.450. The molecule has 0 saturated heterocycles. The first-order valence-electron chi connectivity index (χ1n) is 9.75. The van der Waals surface area contributed by atoms with E-state index in [1.807, 2.05) is 12.1 Å². The first kappa shape index (κ1) is 19.9. The summed E-state index contributed by atoms with van der Waals surface area (Å²) >= 11 is 1.16. The molecule has 5 nitrogen and oxygen atoms in total. The van der Waals surface area contributed by atoms with Gasteiger partial charge >= 0.3 is 6.18 Å². The van der Waals surface area contributed by atoms with Crippen LogP contribution in [-0.4, -0.2) is 27.0 Å². The smallest absolute Gasteiger partial charge is 0.289 e. The molecule has 0 atom stereocenters. The Bertz CT molecular complexity index is 1040. The average molecular weight is 422 g/mol. The molecule has 154 valence electrons. The molecule has 3 aromatic rings. The van der Waals surface area contributed by atoms with Crippen LogP contribution in [0.4, 0.5) is 13.2 Å².